The molecule has 0 aliphatic carbocycles. The number of amides is 3. The Morgan fingerprint density at radius 3 is 1.55 bits per heavy atom. The highest BCUT2D eigenvalue weighted by molar-refractivity contribution is 5.88. The zero-order chi connectivity index (χ0) is 20.6. The SMILES string of the molecule is CN(O)C(=O)N[C@@H](C(=O)NC(c1ccccc1)c1ccccc1)c1ccccc1. The molecule has 0 bridgehead atoms. The van der Waals surface area contributed by atoms with Gasteiger partial charge in [-0.15, -0.1) is 0 Å². The van der Waals surface area contributed by atoms with E-state index in [0.29, 0.717) is 10.6 Å². The quantitative estimate of drug-likeness (QED) is 0.444. The Bertz CT molecular complexity index is 892. The van der Waals surface area contributed by atoms with E-state index in [2.05, 4.69) is 10.6 Å². The highest BCUT2D eigenvalue weighted by Crippen LogP contribution is 2.23. The van der Waals surface area contributed by atoms with Gasteiger partial charge in [0.15, 0.2) is 0 Å². The predicted molar refractivity (Wildman–Crippen MR) is 110 cm³/mol. The molecule has 0 spiro atoms. The van der Waals surface area contributed by atoms with Crippen LogP contribution in [-0.4, -0.2) is 29.3 Å². The molecular weight excluding hydrogens is 366 g/mol. The highest BCUT2D eigenvalue weighted by Gasteiger charge is 2.27. The second-order valence-corrected chi connectivity index (χ2v) is 6.58. The van der Waals surface area contributed by atoms with Gasteiger partial charge in [-0.1, -0.05) is 91.0 Å². The molecule has 148 valence electrons. The molecule has 0 fully saturated rings. The van der Waals surface area contributed by atoms with E-state index in [9.17, 15) is 14.8 Å². The average Bonchev–Trinajstić information content (AvgIpc) is 2.77. The van der Waals surface area contributed by atoms with E-state index in [1.54, 1.807) is 24.3 Å². The summed E-state index contributed by atoms with van der Waals surface area (Å²) in [7, 11) is 1.20. The first-order valence-electron chi connectivity index (χ1n) is 9.24. The molecule has 0 saturated carbocycles. The monoisotopic (exact) mass is 389 g/mol. The smallest absolute Gasteiger partial charge is 0.341 e. The molecule has 0 saturated heterocycles. The number of nitrogens with zero attached hydrogens (tertiary/aromatic N) is 1. The molecule has 0 aliphatic rings. The van der Waals surface area contributed by atoms with Crippen molar-refractivity contribution in [1.82, 2.24) is 15.7 Å². The van der Waals surface area contributed by atoms with Crippen LogP contribution in [0.3, 0.4) is 0 Å². The molecule has 3 aromatic rings. The van der Waals surface area contributed by atoms with Crippen molar-refractivity contribution in [2.75, 3.05) is 7.05 Å². The van der Waals surface area contributed by atoms with Gasteiger partial charge >= 0.3 is 6.03 Å². The van der Waals surface area contributed by atoms with Crippen molar-refractivity contribution in [1.29, 1.82) is 0 Å². The van der Waals surface area contributed by atoms with Crippen LogP contribution in [0.25, 0.3) is 0 Å². The van der Waals surface area contributed by atoms with Crippen molar-refractivity contribution in [3.63, 3.8) is 0 Å². The molecule has 0 radical (unpaired) electrons. The second kappa shape index (κ2) is 9.52. The summed E-state index contributed by atoms with van der Waals surface area (Å²) >= 11 is 0. The zero-order valence-electron chi connectivity index (χ0n) is 16.0. The van der Waals surface area contributed by atoms with Crippen molar-refractivity contribution in [2.24, 2.45) is 0 Å². The molecule has 3 aromatic carbocycles. The summed E-state index contributed by atoms with van der Waals surface area (Å²) in [5.74, 6) is -0.385. The van der Waals surface area contributed by atoms with E-state index in [-0.39, 0.29) is 11.9 Å². The summed E-state index contributed by atoms with van der Waals surface area (Å²) in [5.41, 5.74) is 2.45. The highest BCUT2D eigenvalue weighted by atomic mass is 16.5. The topological polar surface area (TPSA) is 81.7 Å². The minimum Gasteiger partial charge on any atom is -0.343 e. The standard InChI is InChI=1S/C23H23N3O3/c1-26(29)23(28)25-21(19-15-9-4-10-16-19)22(27)24-20(17-11-5-2-6-12-17)18-13-7-3-8-14-18/h2-16,20-21,29H,1H3,(H,24,27)(H,25,28)/t21-/m1/s1. The Balaban J connectivity index is 1.92. The van der Waals surface area contributed by atoms with Crippen LogP contribution in [0.5, 0.6) is 0 Å². The van der Waals surface area contributed by atoms with Crippen molar-refractivity contribution >= 4 is 11.9 Å². The fraction of sp³-hybridized carbons (Fsp3) is 0.130. The van der Waals surface area contributed by atoms with Crippen LogP contribution in [0.1, 0.15) is 28.8 Å². The number of urea groups is 1. The summed E-state index contributed by atoms with van der Waals surface area (Å²) in [6.45, 7) is 0. The molecule has 0 aromatic heterocycles. The van der Waals surface area contributed by atoms with Gasteiger partial charge in [0.25, 0.3) is 0 Å². The van der Waals surface area contributed by atoms with Gasteiger partial charge in [0.1, 0.15) is 6.04 Å². The van der Waals surface area contributed by atoms with E-state index in [4.69, 9.17) is 0 Å². The average molecular weight is 389 g/mol. The van der Waals surface area contributed by atoms with E-state index >= 15 is 0 Å². The molecule has 0 unspecified atom stereocenters. The molecule has 29 heavy (non-hydrogen) atoms. The maximum absolute atomic E-state index is 13.2. The summed E-state index contributed by atoms with van der Waals surface area (Å²) in [6, 6.07) is 26.0. The van der Waals surface area contributed by atoms with Gasteiger partial charge < -0.3 is 10.6 Å². The fourth-order valence-corrected chi connectivity index (χ4v) is 3.04. The van der Waals surface area contributed by atoms with E-state index < -0.39 is 12.1 Å². The number of carbonyl (C=O) groups is 2. The van der Waals surface area contributed by atoms with Crippen LogP contribution < -0.4 is 10.6 Å². The van der Waals surface area contributed by atoms with E-state index in [0.717, 1.165) is 11.1 Å². The third-order valence-corrected chi connectivity index (χ3v) is 4.51. The van der Waals surface area contributed by atoms with Gasteiger partial charge in [-0.05, 0) is 16.7 Å². The molecule has 1 atom stereocenters. The number of rotatable bonds is 6. The summed E-state index contributed by atoms with van der Waals surface area (Å²) < 4.78 is 0. The number of carbonyl (C=O) groups excluding carboxylic acids is 2. The van der Waals surface area contributed by atoms with Crippen LogP contribution in [0.4, 0.5) is 4.79 Å². The van der Waals surface area contributed by atoms with E-state index in [1.165, 1.54) is 7.05 Å². The first-order chi connectivity index (χ1) is 14.1. The van der Waals surface area contributed by atoms with Crippen molar-refractivity contribution in [2.45, 2.75) is 12.1 Å². The first-order valence-corrected chi connectivity index (χ1v) is 9.24. The lowest BCUT2D eigenvalue weighted by Gasteiger charge is -2.25. The number of hydroxylamine groups is 2. The Kier molecular flexibility index (Phi) is 6.60. The van der Waals surface area contributed by atoms with Crippen LogP contribution in [-0.2, 0) is 4.79 Å². The van der Waals surface area contributed by atoms with E-state index in [1.807, 2.05) is 66.7 Å². The summed E-state index contributed by atoms with van der Waals surface area (Å²) in [5, 5.41) is 15.4. The van der Waals surface area contributed by atoms with Crippen LogP contribution in [0.15, 0.2) is 91.0 Å². The normalized spacial score (nSPS) is 11.6. The second-order valence-electron chi connectivity index (χ2n) is 6.58. The van der Waals surface area contributed by atoms with Crippen molar-refractivity contribution in [3.8, 4) is 0 Å². The van der Waals surface area contributed by atoms with Gasteiger partial charge in [-0.25, -0.2) is 9.86 Å². The van der Waals surface area contributed by atoms with Gasteiger partial charge in [-0.2, -0.15) is 0 Å². The minimum absolute atomic E-state index is 0.385. The molecular formula is C23H23N3O3. The van der Waals surface area contributed by atoms with Crippen LogP contribution >= 0.6 is 0 Å². The minimum atomic E-state index is -0.965. The lowest BCUT2D eigenvalue weighted by Crippen LogP contribution is -2.45. The lowest BCUT2D eigenvalue weighted by atomic mass is 9.97. The molecule has 0 aliphatic heterocycles. The Morgan fingerprint density at radius 1 is 0.724 bits per heavy atom. The number of nitrogens with one attached hydrogen (secondary N) is 2. The summed E-state index contributed by atoms with van der Waals surface area (Å²) in [4.78, 5) is 25.3. The molecule has 3 amide bonds. The lowest BCUT2D eigenvalue weighted by molar-refractivity contribution is -0.123. The largest absolute Gasteiger partial charge is 0.343 e. The number of benzene rings is 3. The summed E-state index contributed by atoms with van der Waals surface area (Å²) in [6.07, 6.45) is 0. The maximum Gasteiger partial charge on any atom is 0.341 e. The van der Waals surface area contributed by atoms with Crippen molar-refractivity contribution in [3.05, 3.63) is 108 Å². The predicted octanol–water partition coefficient (Wildman–Crippen LogP) is 3.66. The van der Waals surface area contributed by atoms with Crippen LogP contribution in [0, 0.1) is 0 Å². The Labute approximate surface area is 169 Å². The number of hydrogen-bond donors (Lipinski definition) is 3. The zero-order valence-corrected chi connectivity index (χ0v) is 16.0. The number of hydrogen-bond acceptors (Lipinski definition) is 3. The third-order valence-electron chi connectivity index (χ3n) is 4.51. The fourth-order valence-electron chi connectivity index (χ4n) is 3.04. The molecule has 3 rings (SSSR count). The molecule has 3 N–H and O–H groups in total. The van der Waals surface area contributed by atoms with Crippen molar-refractivity contribution < 1.29 is 14.8 Å². The third kappa shape index (κ3) is 5.21. The molecule has 6 nitrogen and oxygen atoms in total. The van der Waals surface area contributed by atoms with Gasteiger partial charge in [0, 0.05) is 7.05 Å². The Morgan fingerprint density at radius 2 is 1.14 bits per heavy atom. The van der Waals surface area contributed by atoms with Gasteiger partial charge in [-0.3, -0.25) is 10.0 Å². The van der Waals surface area contributed by atoms with Gasteiger partial charge in [0.05, 0.1) is 6.04 Å². The van der Waals surface area contributed by atoms with Gasteiger partial charge in [0.2, 0.25) is 5.91 Å². The first kappa shape index (κ1) is 20.1. The maximum atomic E-state index is 13.2. The molecule has 0 heterocycles. The van der Waals surface area contributed by atoms with Crippen LogP contribution in [0.2, 0.25) is 0 Å². The molecule has 6 heteroatoms. The Hall–Kier alpha value is -3.64.